The van der Waals surface area contributed by atoms with Crippen molar-refractivity contribution in [2.24, 2.45) is 0 Å². The van der Waals surface area contributed by atoms with Gasteiger partial charge in [0.2, 0.25) is 11.8 Å². The smallest absolute Gasteiger partial charge is 0.246 e. The molecule has 194 valence electrons. The fraction of sp³-hybridized carbons (Fsp3) is 0.467. The van der Waals surface area contributed by atoms with Crippen LogP contribution < -0.4 is 9.47 Å². The van der Waals surface area contributed by atoms with Crippen molar-refractivity contribution in [1.82, 2.24) is 14.8 Å². The summed E-state index contributed by atoms with van der Waals surface area (Å²) in [7, 11) is 1.63. The molecule has 2 aromatic carbocycles. The molecule has 1 aliphatic carbocycles. The van der Waals surface area contributed by atoms with Crippen LogP contribution in [0.2, 0.25) is 0 Å². The van der Waals surface area contributed by atoms with Crippen LogP contribution in [0.1, 0.15) is 68.8 Å². The first kappa shape index (κ1) is 23.9. The summed E-state index contributed by atoms with van der Waals surface area (Å²) < 4.78 is 11.6. The quantitative estimate of drug-likeness (QED) is 0.535. The van der Waals surface area contributed by atoms with Crippen LogP contribution in [-0.4, -0.2) is 58.4 Å². The molecule has 0 radical (unpaired) electrons. The van der Waals surface area contributed by atoms with Crippen molar-refractivity contribution in [2.45, 2.75) is 76.6 Å². The van der Waals surface area contributed by atoms with Crippen LogP contribution in [0.5, 0.6) is 11.5 Å². The van der Waals surface area contributed by atoms with Crippen LogP contribution in [0.3, 0.4) is 0 Å². The number of hydrogen-bond donors (Lipinski definition) is 1. The number of methoxy groups -OCH3 is 1. The van der Waals surface area contributed by atoms with E-state index in [4.69, 9.17) is 9.47 Å². The number of nitrogens with one attached hydrogen (secondary N) is 1. The Labute approximate surface area is 217 Å². The SMILES string of the molecule is COc1cc([C@H]2c3[nH]c4ccccc4c3C[C@H]3C(=O)N(C4CCCCC4)CC(=O)N23)ccc1OC(C)C. The zero-order valence-electron chi connectivity index (χ0n) is 21.8. The number of fused-ring (bicyclic) bond motifs is 4. The topological polar surface area (TPSA) is 74.9 Å². The van der Waals surface area contributed by atoms with Gasteiger partial charge in [-0.05, 0) is 56.0 Å². The predicted octanol–water partition coefficient (Wildman–Crippen LogP) is 4.98. The molecular weight excluding hydrogens is 466 g/mol. The number of rotatable bonds is 5. The normalized spacial score (nSPS) is 22.4. The Kier molecular flexibility index (Phi) is 6.09. The number of H-pyrrole nitrogens is 1. The molecule has 7 heteroatoms. The molecule has 2 fully saturated rings. The van der Waals surface area contributed by atoms with Gasteiger partial charge in [-0.2, -0.15) is 0 Å². The number of ether oxygens (including phenoxy) is 2. The maximum atomic E-state index is 14.0. The monoisotopic (exact) mass is 501 g/mol. The average Bonchev–Trinajstić information content (AvgIpc) is 3.28. The van der Waals surface area contributed by atoms with Gasteiger partial charge in [0.05, 0.1) is 19.3 Å². The van der Waals surface area contributed by atoms with Crippen molar-refractivity contribution in [3.05, 3.63) is 59.3 Å². The molecule has 0 bridgehead atoms. The Bertz CT molecular complexity index is 1340. The molecule has 2 aliphatic heterocycles. The Balaban J connectivity index is 1.47. The second-order valence-corrected chi connectivity index (χ2v) is 10.8. The van der Waals surface area contributed by atoms with Gasteiger partial charge in [0.15, 0.2) is 11.5 Å². The number of hydrogen-bond acceptors (Lipinski definition) is 4. The van der Waals surface area contributed by atoms with E-state index in [-0.39, 0.29) is 30.5 Å². The lowest BCUT2D eigenvalue weighted by Gasteiger charge is -2.49. The van der Waals surface area contributed by atoms with Crippen LogP contribution in [0.25, 0.3) is 10.9 Å². The number of carbonyl (C=O) groups is 2. The first-order chi connectivity index (χ1) is 18.0. The van der Waals surface area contributed by atoms with E-state index in [1.165, 1.54) is 6.42 Å². The molecule has 3 heterocycles. The van der Waals surface area contributed by atoms with Crippen LogP contribution in [-0.2, 0) is 16.0 Å². The van der Waals surface area contributed by atoms with Gasteiger partial charge < -0.3 is 24.3 Å². The summed E-state index contributed by atoms with van der Waals surface area (Å²) in [5.41, 5.74) is 4.02. The van der Waals surface area contributed by atoms with Crippen molar-refractivity contribution in [3.63, 3.8) is 0 Å². The first-order valence-corrected chi connectivity index (χ1v) is 13.5. The average molecular weight is 502 g/mol. The van der Waals surface area contributed by atoms with Gasteiger partial charge in [-0.25, -0.2) is 0 Å². The molecule has 6 rings (SSSR count). The molecule has 1 N–H and O–H groups in total. The number of amides is 2. The predicted molar refractivity (Wildman–Crippen MR) is 142 cm³/mol. The molecule has 0 spiro atoms. The molecular formula is C30H35N3O4. The molecule has 37 heavy (non-hydrogen) atoms. The largest absolute Gasteiger partial charge is 0.493 e. The summed E-state index contributed by atoms with van der Waals surface area (Å²) in [5, 5.41) is 1.11. The van der Waals surface area contributed by atoms with E-state index >= 15 is 0 Å². The second-order valence-electron chi connectivity index (χ2n) is 10.8. The zero-order valence-corrected chi connectivity index (χ0v) is 21.8. The van der Waals surface area contributed by atoms with Gasteiger partial charge in [-0.15, -0.1) is 0 Å². The van der Waals surface area contributed by atoms with E-state index in [0.717, 1.165) is 53.4 Å². The number of benzene rings is 2. The number of para-hydroxylation sites is 1. The van der Waals surface area contributed by atoms with Gasteiger partial charge in [0.25, 0.3) is 0 Å². The summed E-state index contributed by atoms with van der Waals surface area (Å²) in [6, 6.07) is 13.3. The molecule has 1 saturated carbocycles. The van der Waals surface area contributed by atoms with Gasteiger partial charge in [-0.3, -0.25) is 9.59 Å². The minimum atomic E-state index is -0.516. The third-order valence-corrected chi connectivity index (χ3v) is 8.17. The Morgan fingerprint density at radius 3 is 2.54 bits per heavy atom. The minimum Gasteiger partial charge on any atom is -0.493 e. The zero-order chi connectivity index (χ0) is 25.7. The maximum absolute atomic E-state index is 14.0. The van der Waals surface area contributed by atoms with Crippen LogP contribution >= 0.6 is 0 Å². The molecule has 0 unspecified atom stereocenters. The third kappa shape index (κ3) is 4.05. The van der Waals surface area contributed by atoms with E-state index in [0.29, 0.717) is 17.9 Å². The number of nitrogens with zero attached hydrogens (tertiary/aromatic N) is 2. The summed E-state index contributed by atoms with van der Waals surface area (Å²) in [5.74, 6) is 1.37. The summed E-state index contributed by atoms with van der Waals surface area (Å²) in [4.78, 5) is 35.2. The van der Waals surface area contributed by atoms with Crippen LogP contribution in [0.15, 0.2) is 42.5 Å². The van der Waals surface area contributed by atoms with E-state index in [1.807, 2.05) is 54.0 Å². The highest BCUT2D eigenvalue weighted by Gasteiger charge is 2.49. The fourth-order valence-electron chi connectivity index (χ4n) is 6.54. The fourth-order valence-corrected chi connectivity index (χ4v) is 6.54. The second kappa shape index (κ2) is 9.43. The lowest BCUT2D eigenvalue weighted by Crippen LogP contribution is -2.65. The molecule has 1 saturated heterocycles. The summed E-state index contributed by atoms with van der Waals surface area (Å²) in [6.07, 6.45) is 5.96. The van der Waals surface area contributed by atoms with Gasteiger partial charge in [0.1, 0.15) is 12.6 Å². The van der Waals surface area contributed by atoms with E-state index in [2.05, 4.69) is 17.1 Å². The van der Waals surface area contributed by atoms with Crippen molar-refractivity contribution < 1.29 is 19.1 Å². The van der Waals surface area contributed by atoms with Crippen molar-refractivity contribution in [3.8, 4) is 11.5 Å². The minimum absolute atomic E-state index is 0.00551. The lowest BCUT2D eigenvalue weighted by atomic mass is 9.85. The van der Waals surface area contributed by atoms with E-state index in [9.17, 15) is 9.59 Å². The van der Waals surface area contributed by atoms with Crippen molar-refractivity contribution in [1.29, 1.82) is 0 Å². The highest BCUT2D eigenvalue weighted by atomic mass is 16.5. The Hall–Kier alpha value is -3.48. The molecule has 3 aromatic rings. The highest BCUT2D eigenvalue weighted by Crippen LogP contribution is 2.45. The van der Waals surface area contributed by atoms with Gasteiger partial charge >= 0.3 is 0 Å². The number of aromatic amines is 1. The number of carbonyl (C=O) groups excluding carboxylic acids is 2. The summed E-state index contributed by atoms with van der Waals surface area (Å²) in [6.45, 7) is 4.11. The molecule has 2 atom stereocenters. The lowest BCUT2D eigenvalue weighted by molar-refractivity contribution is -0.161. The Morgan fingerprint density at radius 1 is 1.00 bits per heavy atom. The van der Waals surface area contributed by atoms with E-state index < -0.39 is 12.1 Å². The molecule has 2 amide bonds. The van der Waals surface area contributed by atoms with Crippen LogP contribution in [0.4, 0.5) is 0 Å². The highest BCUT2D eigenvalue weighted by molar-refractivity contribution is 5.98. The summed E-state index contributed by atoms with van der Waals surface area (Å²) >= 11 is 0. The van der Waals surface area contributed by atoms with Crippen LogP contribution in [0, 0.1) is 0 Å². The number of aromatic nitrogens is 1. The molecule has 3 aliphatic rings. The standard InChI is InChI=1S/C30H35N3O4/c1-18(2)37-25-14-13-19(15-26(25)36-3)29-28-22(21-11-7-8-12-23(21)31-28)16-24-30(35)32(17-27(34)33(24)29)20-9-5-4-6-10-20/h7-8,11-15,18,20,24,29,31H,4-6,9-10,16-17H2,1-3H3/t24-,29-/m0/s1. The van der Waals surface area contributed by atoms with E-state index in [1.54, 1.807) is 7.11 Å². The van der Waals surface area contributed by atoms with Gasteiger partial charge in [-0.1, -0.05) is 43.5 Å². The molecule has 7 nitrogen and oxygen atoms in total. The van der Waals surface area contributed by atoms with Crippen molar-refractivity contribution in [2.75, 3.05) is 13.7 Å². The molecule has 1 aromatic heterocycles. The number of piperazine rings is 1. The third-order valence-electron chi connectivity index (χ3n) is 8.17. The maximum Gasteiger partial charge on any atom is 0.246 e. The first-order valence-electron chi connectivity index (χ1n) is 13.5. The van der Waals surface area contributed by atoms with Crippen molar-refractivity contribution >= 4 is 22.7 Å². The van der Waals surface area contributed by atoms with Gasteiger partial charge in [0, 0.05) is 29.1 Å². The Morgan fingerprint density at radius 2 is 1.78 bits per heavy atom.